The van der Waals surface area contributed by atoms with Crippen LogP contribution in [0.5, 0.6) is 17.2 Å². The van der Waals surface area contributed by atoms with E-state index in [4.69, 9.17) is 19.9 Å². The number of anilines is 1. The van der Waals surface area contributed by atoms with Gasteiger partial charge < -0.3 is 19.9 Å². The fourth-order valence-electron chi connectivity index (χ4n) is 1.62. The molecule has 5 nitrogen and oxygen atoms in total. The maximum absolute atomic E-state index is 5.65. The number of nitrogens with zero attached hydrogens (tertiary/aromatic N) is 1. The third-order valence-corrected chi connectivity index (χ3v) is 3.33. The number of thiazole rings is 1. The second-order valence-electron chi connectivity index (χ2n) is 3.48. The normalized spacial score (nSPS) is 10.2. The average molecular weight is 266 g/mol. The van der Waals surface area contributed by atoms with Gasteiger partial charge in [0, 0.05) is 17.5 Å². The summed E-state index contributed by atoms with van der Waals surface area (Å²) in [6.07, 6.45) is 0. The van der Waals surface area contributed by atoms with E-state index < -0.39 is 0 Å². The summed E-state index contributed by atoms with van der Waals surface area (Å²) in [5, 5.41) is 2.53. The van der Waals surface area contributed by atoms with E-state index in [1.807, 2.05) is 0 Å². The number of rotatable bonds is 4. The molecular formula is C12H14N2O3S. The van der Waals surface area contributed by atoms with Crippen LogP contribution in [0, 0.1) is 0 Å². The van der Waals surface area contributed by atoms with Crippen molar-refractivity contribution in [3.05, 3.63) is 17.5 Å². The molecule has 0 spiro atoms. The van der Waals surface area contributed by atoms with Gasteiger partial charge in [-0.05, 0) is 0 Å². The van der Waals surface area contributed by atoms with Gasteiger partial charge in [0.25, 0.3) is 0 Å². The van der Waals surface area contributed by atoms with Crippen molar-refractivity contribution in [2.45, 2.75) is 0 Å². The zero-order valence-electron chi connectivity index (χ0n) is 10.4. The van der Waals surface area contributed by atoms with Crippen molar-refractivity contribution in [1.29, 1.82) is 0 Å². The van der Waals surface area contributed by atoms with Crippen molar-refractivity contribution in [2.75, 3.05) is 27.1 Å². The number of aromatic nitrogens is 1. The Hall–Kier alpha value is -1.95. The minimum Gasteiger partial charge on any atom is -0.496 e. The largest absolute Gasteiger partial charge is 0.496 e. The standard InChI is InChI=1S/C12H14N2O3S/c1-15-7-4-8(16-2)11(9(5-7)17-3)12-14-10(13)6-18-12/h4-6H,13H2,1-3H3. The third kappa shape index (κ3) is 2.19. The average Bonchev–Trinajstić information content (AvgIpc) is 2.83. The minimum atomic E-state index is 0.481. The summed E-state index contributed by atoms with van der Waals surface area (Å²) in [6.45, 7) is 0. The number of ether oxygens (including phenoxy) is 3. The molecule has 2 aromatic rings. The van der Waals surface area contributed by atoms with Gasteiger partial charge in [-0.3, -0.25) is 0 Å². The summed E-state index contributed by atoms with van der Waals surface area (Å²) in [5.41, 5.74) is 6.43. The molecule has 96 valence electrons. The highest BCUT2D eigenvalue weighted by Gasteiger charge is 2.17. The van der Waals surface area contributed by atoms with E-state index in [-0.39, 0.29) is 0 Å². The van der Waals surface area contributed by atoms with Crippen molar-refractivity contribution >= 4 is 17.2 Å². The molecule has 1 heterocycles. The molecule has 0 radical (unpaired) electrons. The summed E-state index contributed by atoms with van der Waals surface area (Å²) in [7, 11) is 4.78. The van der Waals surface area contributed by atoms with Gasteiger partial charge in [0.05, 0.1) is 26.9 Å². The van der Waals surface area contributed by atoms with Crippen molar-refractivity contribution in [3.8, 4) is 27.8 Å². The van der Waals surface area contributed by atoms with Crippen LogP contribution in [0.4, 0.5) is 5.82 Å². The molecule has 6 heteroatoms. The Balaban J connectivity index is 2.63. The first-order valence-electron chi connectivity index (χ1n) is 5.21. The monoisotopic (exact) mass is 266 g/mol. The van der Waals surface area contributed by atoms with Gasteiger partial charge in [-0.15, -0.1) is 11.3 Å². The van der Waals surface area contributed by atoms with Crippen LogP contribution in [-0.4, -0.2) is 26.3 Å². The first kappa shape index (κ1) is 12.5. The number of methoxy groups -OCH3 is 3. The number of hydrogen-bond acceptors (Lipinski definition) is 6. The van der Waals surface area contributed by atoms with Crippen LogP contribution in [-0.2, 0) is 0 Å². The number of benzene rings is 1. The van der Waals surface area contributed by atoms with E-state index in [1.54, 1.807) is 38.8 Å². The Morgan fingerprint density at radius 2 is 1.67 bits per heavy atom. The molecule has 0 bridgehead atoms. The van der Waals surface area contributed by atoms with E-state index in [1.165, 1.54) is 11.3 Å². The van der Waals surface area contributed by atoms with Crippen LogP contribution in [0.3, 0.4) is 0 Å². The van der Waals surface area contributed by atoms with Gasteiger partial charge in [-0.1, -0.05) is 0 Å². The maximum atomic E-state index is 5.65. The van der Waals surface area contributed by atoms with Gasteiger partial charge in [0.1, 0.15) is 28.1 Å². The van der Waals surface area contributed by atoms with Crippen LogP contribution in [0.25, 0.3) is 10.6 Å². The van der Waals surface area contributed by atoms with Gasteiger partial charge in [-0.25, -0.2) is 4.98 Å². The number of nitrogens with two attached hydrogens (primary N) is 1. The molecule has 0 saturated carbocycles. The Morgan fingerprint density at radius 1 is 1.06 bits per heavy atom. The molecule has 0 aliphatic rings. The quantitative estimate of drug-likeness (QED) is 0.920. The summed E-state index contributed by atoms with van der Waals surface area (Å²) >= 11 is 1.44. The molecule has 18 heavy (non-hydrogen) atoms. The molecule has 0 aliphatic carbocycles. The number of hydrogen-bond donors (Lipinski definition) is 1. The van der Waals surface area contributed by atoms with Crippen LogP contribution in [0.1, 0.15) is 0 Å². The Labute approximate surface area is 109 Å². The Kier molecular flexibility index (Phi) is 3.57. The molecule has 0 atom stereocenters. The van der Waals surface area contributed by atoms with E-state index in [0.29, 0.717) is 23.1 Å². The summed E-state index contributed by atoms with van der Waals surface area (Å²) in [5.74, 6) is 2.42. The van der Waals surface area contributed by atoms with Crippen molar-refractivity contribution in [3.63, 3.8) is 0 Å². The molecule has 1 aromatic carbocycles. The predicted octanol–water partition coefficient (Wildman–Crippen LogP) is 2.42. The smallest absolute Gasteiger partial charge is 0.136 e. The number of nitrogen functional groups attached to an aromatic ring is 1. The molecule has 0 unspecified atom stereocenters. The zero-order valence-corrected chi connectivity index (χ0v) is 11.2. The lowest BCUT2D eigenvalue weighted by Crippen LogP contribution is -1.95. The maximum Gasteiger partial charge on any atom is 0.136 e. The van der Waals surface area contributed by atoms with E-state index >= 15 is 0 Å². The van der Waals surface area contributed by atoms with Crippen molar-refractivity contribution < 1.29 is 14.2 Å². The van der Waals surface area contributed by atoms with E-state index in [2.05, 4.69) is 4.98 Å². The summed E-state index contributed by atoms with van der Waals surface area (Å²) in [6, 6.07) is 3.57. The first-order valence-corrected chi connectivity index (χ1v) is 6.09. The molecular weight excluding hydrogens is 252 g/mol. The molecule has 2 rings (SSSR count). The topological polar surface area (TPSA) is 66.6 Å². The summed E-state index contributed by atoms with van der Waals surface area (Å²) in [4.78, 5) is 4.25. The van der Waals surface area contributed by atoms with Crippen LogP contribution < -0.4 is 19.9 Å². The third-order valence-electron chi connectivity index (χ3n) is 2.45. The van der Waals surface area contributed by atoms with Crippen LogP contribution in [0.2, 0.25) is 0 Å². The van der Waals surface area contributed by atoms with Gasteiger partial charge in [-0.2, -0.15) is 0 Å². The predicted molar refractivity (Wildman–Crippen MR) is 71.6 cm³/mol. The lowest BCUT2D eigenvalue weighted by Gasteiger charge is -2.13. The molecule has 2 N–H and O–H groups in total. The minimum absolute atomic E-state index is 0.481. The molecule has 0 amide bonds. The van der Waals surface area contributed by atoms with Gasteiger partial charge in [0.2, 0.25) is 0 Å². The summed E-state index contributed by atoms with van der Waals surface area (Å²) < 4.78 is 15.9. The first-order chi connectivity index (χ1) is 8.69. The highest BCUT2D eigenvalue weighted by molar-refractivity contribution is 7.13. The van der Waals surface area contributed by atoms with Gasteiger partial charge >= 0.3 is 0 Å². The lowest BCUT2D eigenvalue weighted by molar-refractivity contribution is 0.377. The molecule has 0 fully saturated rings. The fraction of sp³-hybridized carbons (Fsp3) is 0.250. The highest BCUT2D eigenvalue weighted by Crippen LogP contribution is 2.42. The van der Waals surface area contributed by atoms with E-state index in [0.717, 1.165) is 10.6 Å². The Morgan fingerprint density at radius 3 is 2.06 bits per heavy atom. The Bertz CT molecular complexity index is 529. The van der Waals surface area contributed by atoms with Gasteiger partial charge in [0.15, 0.2) is 0 Å². The fourth-order valence-corrected chi connectivity index (χ4v) is 2.38. The second-order valence-corrected chi connectivity index (χ2v) is 4.34. The SMILES string of the molecule is COc1cc(OC)c(-c2nc(N)cs2)c(OC)c1. The zero-order chi connectivity index (χ0) is 13.1. The van der Waals surface area contributed by atoms with Crippen LogP contribution >= 0.6 is 11.3 Å². The van der Waals surface area contributed by atoms with Crippen molar-refractivity contribution in [2.24, 2.45) is 0 Å². The second kappa shape index (κ2) is 5.14. The van der Waals surface area contributed by atoms with E-state index in [9.17, 15) is 0 Å². The lowest BCUT2D eigenvalue weighted by atomic mass is 10.1. The molecule has 0 saturated heterocycles. The van der Waals surface area contributed by atoms with Crippen molar-refractivity contribution in [1.82, 2.24) is 4.98 Å². The molecule has 1 aromatic heterocycles. The highest BCUT2D eigenvalue weighted by atomic mass is 32.1. The van der Waals surface area contributed by atoms with Crippen LogP contribution in [0.15, 0.2) is 17.5 Å². The molecule has 0 aliphatic heterocycles.